The van der Waals surface area contributed by atoms with Gasteiger partial charge < -0.3 is 9.64 Å². The normalized spacial score (nSPS) is 19.9. The second-order valence-corrected chi connectivity index (χ2v) is 11.9. The minimum atomic E-state index is -4.73. The van der Waals surface area contributed by atoms with Crippen LogP contribution in [0, 0.1) is 17.9 Å². The third-order valence-electron chi connectivity index (χ3n) is 7.20. The van der Waals surface area contributed by atoms with Crippen molar-refractivity contribution < 1.29 is 35.9 Å². The van der Waals surface area contributed by atoms with E-state index in [1.165, 1.54) is 37.1 Å². The summed E-state index contributed by atoms with van der Waals surface area (Å²) in [5.41, 5.74) is -1.73. The van der Waals surface area contributed by atoms with Crippen LogP contribution in [0.3, 0.4) is 0 Å². The summed E-state index contributed by atoms with van der Waals surface area (Å²) < 4.78 is 71.8. The molecule has 42 heavy (non-hydrogen) atoms. The van der Waals surface area contributed by atoms with Gasteiger partial charge in [-0.25, -0.2) is 27.8 Å². The SMILES string of the molecule is [C-]#[N+]C1=C(C)N(c2cccc(C(F)(F)F)c2)C(=O)N(C(=O)N2CCC[C@@H](OC)C2)[C@@H]1c1ccc(C#N)cc1S(C)(=O)=O. The van der Waals surface area contributed by atoms with Gasteiger partial charge in [0.15, 0.2) is 9.84 Å². The second kappa shape index (κ2) is 11.5. The Hall–Kier alpha value is -4.40. The molecule has 0 N–H and O–H groups in total. The molecule has 2 aliphatic heterocycles. The molecule has 2 atom stereocenters. The number of alkyl halides is 3. The Morgan fingerprint density at radius 1 is 1.21 bits per heavy atom. The summed E-state index contributed by atoms with van der Waals surface area (Å²) in [6, 6.07) is 5.91. The molecular weight excluding hydrogens is 575 g/mol. The summed E-state index contributed by atoms with van der Waals surface area (Å²) in [6.07, 6.45) is -3.01. The van der Waals surface area contributed by atoms with Gasteiger partial charge in [0, 0.05) is 37.8 Å². The zero-order valence-corrected chi connectivity index (χ0v) is 23.7. The number of nitriles is 1. The summed E-state index contributed by atoms with van der Waals surface area (Å²) in [5, 5.41) is 9.38. The average Bonchev–Trinajstić information content (AvgIpc) is 2.95. The Labute approximate surface area is 240 Å². The number of sulfone groups is 1. The number of benzene rings is 2. The quantitative estimate of drug-likeness (QED) is 0.437. The van der Waals surface area contributed by atoms with E-state index >= 15 is 0 Å². The second-order valence-electron chi connectivity index (χ2n) is 9.89. The molecule has 220 valence electrons. The van der Waals surface area contributed by atoms with Gasteiger partial charge in [-0.15, -0.1) is 0 Å². The Bertz CT molecular complexity index is 1660. The maximum absolute atomic E-state index is 14.2. The molecule has 10 nitrogen and oxygen atoms in total. The Balaban J connectivity index is 1.99. The molecule has 14 heteroatoms. The first-order valence-corrected chi connectivity index (χ1v) is 14.6. The van der Waals surface area contributed by atoms with Crippen LogP contribution in [0.25, 0.3) is 4.85 Å². The van der Waals surface area contributed by atoms with Crippen LogP contribution >= 0.6 is 0 Å². The van der Waals surface area contributed by atoms with Crippen LogP contribution in [0.4, 0.5) is 28.4 Å². The monoisotopic (exact) mass is 601 g/mol. The molecule has 4 amide bonds. The van der Waals surface area contributed by atoms with Crippen LogP contribution in [0.2, 0.25) is 0 Å². The van der Waals surface area contributed by atoms with E-state index in [1.54, 1.807) is 0 Å². The number of likely N-dealkylation sites (tertiary alicyclic amines) is 1. The Morgan fingerprint density at radius 2 is 1.93 bits per heavy atom. The first-order valence-electron chi connectivity index (χ1n) is 12.7. The molecule has 0 unspecified atom stereocenters. The highest BCUT2D eigenvalue weighted by molar-refractivity contribution is 7.90. The van der Waals surface area contributed by atoms with E-state index in [0.717, 1.165) is 35.4 Å². The number of hydrogen-bond donors (Lipinski definition) is 0. The fraction of sp³-hybridized carbons (Fsp3) is 0.357. The smallest absolute Gasteiger partial charge is 0.380 e. The summed E-state index contributed by atoms with van der Waals surface area (Å²) in [4.78, 5) is 34.4. The fourth-order valence-corrected chi connectivity index (χ4v) is 6.10. The molecule has 1 saturated heterocycles. The van der Waals surface area contributed by atoms with Gasteiger partial charge in [0.25, 0.3) is 0 Å². The van der Waals surface area contributed by atoms with E-state index in [0.29, 0.717) is 17.7 Å². The van der Waals surface area contributed by atoms with E-state index in [4.69, 9.17) is 11.3 Å². The predicted molar refractivity (Wildman–Crippen MR) is 144 cm³/mol. The number of amides is 4. The van der Waals surface area contributed by atoms with Gasteiger partial charge in [-0.3, -0.25) is 4.90 Å². The van der Waals surface area contributed by atoms with Gasteiger partial charge >= 0.3 is 18.2 Å². The van der Waals surface area contributed by atoms with Crippen LogP contribution in [0.1, 0.15) is 42.5 Å². The van der Waals surface area contributed by atoms with Gasteiger partial charge in [0.1, 0.15) is 6.04 Å². The third kappa shape index (κ3) is 5.68. The number of carbonyl (C=O) groups excluding carboxylic acids is 2. The Kier molecular flexibility index (Phi) is 8.34. The van der Waals surface area contributed by atoms with E-state index in [2.05, 4.69) is 4.85 Å². The lowest BCUT2D eigenvalue weighted by molar-refractivity contribution is -0.137. The number of imide groups is 1. The number of allylic oxidation sites excluding steroid dienone is 1. The van der Waals surface area contributed by atoms with Gasteiger partial charge in [-0.2, -0.15) is 18.4 Å². The lowest BCUT2D eigenvalue weighted by atomic mass is 9.96. The first kappa shape index (κ1) is 30.6. The van der Waals surface area contributed by atoms with E-state index in [9.17, 15) is 36.4 Å². The minimum absolute atomic E-state index is 0.00573. The van der Waals surface area contributed by atoms with Crippen molar-refractivity contribution in [1.29, 1.82) is 5.26 Å². The summed E-state index contributed by atoms with van der Waals surface area (Å²) in [6.45, 7) is 9.64. The van der Waals surface area contributed by atoms with Crippen LogP contribution in [-0.4, -0.2) is 62.8 Å². The number of nitrogens with zero attached hydrogens (tertiary/aromatic N) is 5. The maximum Gasteiger partial charge on any atom is 0.416 e. The number of halogens is 3. The zero-order chi connectivity index (χ0) is 31.0. The molecule has 2 aromatic carbocycles. The number of anilines is 1. The lowest BCUT2D eigenvalue weighted by Gasteiger charge is -2.44. The number of urea groups is 2. The molecule has 2 aliphatic rings. The largest absolute Gasteiger partial charge is 0.416 e. The van der Waals surface area contributed by atoms with Gasteiger partial charge in [0.2, 0.25) is 5.70 Å². The van der Waals surface area contributed by atoms with Crippen LogP contribution in [0.15, 0.2) is 58.8 Å². The van der Waals surface area contributed by atoms with Crippen molar-refractivity contribution in [3.63, 3.8) is 0 Å². The first-order chi connectivity index (χ1) is 19.7. The highest BCUT2D eigenvalue weighted by atomic mass is 32.2. The highest BCUT2D eigenvalue weighted by Gasteiger charge is 2.47. The topological polar surface area (TPSA) is 115 Å². The van der Waals surface area contributed by atoms with Crippen LogP contribution in [-0.2, 0) is 20.8 Å². The summed E-state index contributed by atoms with van der Waals surface area (Å²) in [5.74, 6) is 0. The zero-order valence-electron chi connectivity index (χ0n) is 22.8. The van der Waals surface area contributed by atoms with Crippen molar-refractivity contribution in [2.24, 2.45) is 0 Å². The number of carbonyl (C=O) groups is 2. The average molecular weight is 602 g/mol. The molecule has 0 spiro atoms. The molecule has 0 aromatic heterocycles. The number of piperidine rings is 1. The van der Waals surface area contributed by atoms with Gasteiger partial charge in [-0.1, -0.05) is 12.1 Å². The van der Waals surface area contributed by atoms with Crippen LogP contribution in [0.5, 0.6) is 0 Å². The number of hydrogen-bond acceptors (Lipinski definition) is 6. The molecule has 2 heterocycles. The molecule has 0 radical (unpaired) electrons. The van der Waals surface area contributed by atoms with Gasteiger partial charge in [0.05, 0.1) is 34.8 Å². The molecular formula is C28H26F3N5O5S. The predicted octanol–water partition coefficient (Wildman–Crippen LogP) is 5.35. The molecule has 0 aliphatic carbocycles. The van der Waals surface area contributed by atoms with E-state index < -0.39 is 39.7 Å². The van der Waals surface area contributed by atoms with E-state index in [-0.39, 0.29) is 52.3 Å². The molecule has 2 aromatic rings. The van der Waals surface area contributed by atoms with E-state index in [1.807, 2.05) is 6.07 Å². The van der Waals surface area contributed by atoms with Crippen molar-refractivity contribution >= 4 is 27.6 Å². The van der Waals surface area contributed by atoms with Crippen molar-refractivity contribution in [3.05, 3.63) is 82.0 Å². The maximum atomic E-state index is 14.2. The van der Waals surface area contributed by atoms with Gasteiger partial charge in [-0.05, 0) is 55.7 Å². The molecule has 0 bridgehead atoms. The number of ether oxygens (including phenoxy) is 1. The van der Waals surface area contributed by atoms with Crippen LogP contribution < -0.4 is 4.90 Å². The fourth-order valence-electron chi connectivity index (χ4n) is 5.15. The summed E-state index contributed by atoms with van der Waals surface area (Å²) in [7, 11) is -2.58. The highest BCUT2D eigenvalue weighted by Crippen LogP contribution is 2.43. The molecule has 0 saturated carbocycles. The Morgan fingerprint density at radius 3 is 2.52 bits per heavy atom. The molecule has 1 fully saturated rings. The summed E-state index contributed by atoms with van der Waals surface area (Å²) >= 11 is 0. The van der Waals surface area contributed by atoms with Crippen molar-refractivity contribution in [2.75, 3.05) is 31.4 Å². The van der Waals surface area contributed by atoms with Crippen molar-refractivity contribution in [2.45, 2.75) is 43.0 Å². The lowest BCUT2D eigenvalue weighted by Crippen LogP contribution is -2.57. The molecule has 4 rings (SSSR count). The van der Waals surface area contributed by atoms with Crippen molar-refractivity contribution in [3.8, 4) is 6.07 Å². The minimum Gasteiger partial charge on any atom is -0.380 e. The number of rotatable bonds is 4. The number of methoxy groups -OCH3 is 1. The van der Waals surface area contributed by atoms with Crippen molar-refractivity contribution in [1.82, 2.24) is 9.80 Å². The third-order valence-corrected chi connectivity index (χ3v) is 8.35. The standard InChI is InChI=1S/C28H26F3N5O5S/c1-17-24(33-2)25(22-11-10-18(15-32)13-23(22)42(4,39)40)36(26(37)34-12-6-9-21(16-34)41-3)27(38)35(17)20-8-5-7-19(14-20)28(29,30)31/h5,7-8,10-11,13-14,21,25H,6,9,12,16H2,1,3-4H3/t21-,25-/m1/s1.